The summed E-state index contributed by atoms with van der Waals surface area (Å²) in [5.74, 6) is -34.5. The number of rotatable bonds is 69. The molecule has 1 fully saturated rings. The molecule has 672 valence electrons. The summed E-state index contributed by atoms with van der Waals surface area (Å²) < 4.78 is 5.57. The van der Waals surface area contributed by atoms with E-state index in [-0.39, 0.29) is 74.9 Å². The Balaban J connectivity index is 3.51. The number of likely N-dealkylation sites (tertiary alicyclic amines) is 1. The minimum absolute atomic E-state index is 0.0869. The van der Waals surface area contributed by atoms with Crippen molar-refractivity contribution in [3.05, 3.63) is 0 Å². The zero-order valence-corrected chi connectivity index (χ0v) is 68.6. The van der Waals surface area contributed by atoms with Crippen LogP contribution >= 0.6 is 11.8 Å². The van der Waals surface area contributed by atoms with Gasteiger partial charge in [-0.15, -0.1) is 0 Å². The van der Waals surface area contributed by atoms with Crippen molar-refractivity contribution in [1.82, 2.24) is 36.8 Å². The molecule has 42 nitrogen and oxygen atoms in total. The molecule has 0 aliphatic carbocycles. The number of hydrogen-bond acceptors (Lipinski definition) is 27. The van der Waals surface area contributed by atoms with Crippen molar-refractivity contribution in [2.45, 2.75) is 269 Å². The lowest BCUT2D eigenvalue weighted by atomic mass is 9.88. The van der Waals surface area contributed by atoms with Crippen LogP contribution < -0.4 is 37.6 Å². The van der Waals surface area contributed by atoms with Gasteiger partial charge in [-0.1, -0.05) is 20.8 Å². The monoisotopic (exact) mass is 1730 g/mol. The molecule has 1 rings (SSSR count). The van der Waals surface area contributed by atoms with Gasteiger partial charge in [0.05, 0.1) is 42.3 Å². The molecule has 0 aromatic rings. The van der Waals surface area contributed by atoms with E-state index in [9.17, 15) is 156 Å². The Kier molecular flexibility index (Phi) is 50.5. The van der Waals surface area contributed by atoms with E-state index in [1.54, 1.807) is 27.0 Å². The zero-order valence-electron chi connectivity index (χ0n) is 67.8. The molecule has 1 aliphatic rings. The highest BCUT2D eigenvalue weighted by Crippen LogP contribution is 2.25. The molecular weight excluding hydrogens is 1610 g/mol. The van der Waals surface area contributed by atoms with Gasteiger partial charge in [0.2, 0.25) is 41.4 Å². The van der Waals surface area contributed by atoms with Crippen molar-refractivity contribution in [2.75, 3.05) is 31.8 Å². The molecule has 7 amide bonds. The second kappa shape index (κ2) is 56.6. The minimum Gasteiger partial charge on any atom is -0.481 e. The molecule has 17 N–H and O–H groups in total. The highest BCUT2D eigenvalue weighted by atomic mass is 32.2. The number of thioether (sulfide) groups is 1. The fourth-order valence-electron chi connectivity index (χ4n) is 12.7. The Labute approximate surface area is 694 Å². The van der Waals surface area contributed by atoms with Crippen LogP contribution in [-0.4, -0.2) is 272 Å². The summed E-state index contributed by atoms with van der Waals surface area (Å²) in [7, 11) is 0. The molecule has 0 saturated carbocycles. The Hall–Kier alpha value is -10.8. The Morgan fingerprint density at radius 3 is 1.07 bits per heavy atom. The van der Waals surface area contributed by atoms with Crippen LogP contribution in [0.5, 0.6) is 0 Å². The van der Waals surface area contributed by atoms with Crippen LogP contribution in [0.3, 0.4) is 0 Å². The molecule has 0 bridgehead atoms. The van der Waals surface area contributed by atoms with Crippen LogP contribution in [0.25, 0.3) is 0 Å². The molecule has 1 saturated heterocycles. The maximum atomic E-state index is 14.4. The third-order valence-electron chi connectivity index (χ3n) is 19.7. The quantitative estimate of drug-likeness (QED) is 0.0371. The van der Waals surface area contributed by atoms with Gasteiger partial charge in [-0.05, 0) is 103 Å². The summed E-state index contributed by atoms with van der Waals surface area (Å²) in [6, 6.07) is -12.0. The summed E-state index contributed by atoms with van der Waals surface area (Å²) in [5.41, 5.74) is 5.81. The molecule has 43 heteroatoms. The first-order valence-electron chi connectivity index (χ1n) is 39.2. The van der Waals surface area contributed by atoms with E-state index < -0.39 is 362 Å². The highest BCUT2D eigenvalue weighted by molar-refractivity contribution is 7.98. The molecule has 13 atom stereocenters. The van der Waals surface area contributed by atoms with Crippen LogP contribution in [-0.2, 0) is 120 Å². The Morgan fingerprint density at radius 1 is 0.392 bits per heavy atom. The number of Topliss-reactive ketones (excluding diaryl/α,β-unsaturated/α-hetero) is 8. The van der Waals surface area contributed by atoms with E-state index in [0.29, 0.717) is 6.42 Å². The van der Waals surface area contributed by atoms with Gasteiger partial charge in [-0.25, -0.2) is 0 Å². The normalized spacial score (nSPS) is 15.4. The number of carbonyl (C=O) groups excluding carboxylic acids is 15. The molecule has 0 radical (unpaired) electrons. The van der Waals surface area contributed by atoms with Gasteiger partial charge in [0, 0.05) is 158 Å². The van der Waals surface area contributed by atoms with Crippen LogP contribution in [0, 0.1) is 35.5 Å². The molecule has 1 aliphatic heterocycles. The molecule has 0 spiro atoms. The molecule has 1 heterocycles. The lowest BCUT2D eigenvalue weighted by Gasteiger charge is -2.27. The number of nitrogens with two attached hydrogens (primary N) is 1. The lowest BCUT2D eigenvalue weighted by molar-refractivity contribution is -0.142. The van der Waals surface area contributed by atoms with E-state index in [2.05, 4.69) is 31.9 Å². The number of carboxylic acids is 9. The number of amides is 7. The average molecular weight is 1730 g/mol. The number of carbonyl (C=O) groups is 24. The van der Waals surface area contributed by atoms with E-state index in [0.717, 1.165) is 0 Å². The smallest absolute Gasteiger partial charge is 0.303 e. The SMILES string of the molecule is CSC[C@H](NC(=O)CCC(=O)[C@H](CC(C)C)NC(=O)[C@@H]1CCCN1C(=O)COCCCC(=O)[C@@H](CCC(=O)O)NC(=O)[C@@H](CCC(=O)O)CC(=O)[C@@H](CCC(=O)O)NC(=O)[C@@H](CCC(=O)O)CC(=O)[C@@H](CCC(=O)O)NC(=O)[C@@H](CCC(=O)O)CC(=O)[C@@H](CCC(=O)O)NC(=O)[C@@H](CCC(=O)O)CC(=O)[C@H](N)CCC(=O)O)C(=O)C[C@@H](C)C(C)=O. The van der Waals surface area contributed by atoms with E-state index in [1.165, 1.54) is 23.6 Å². The summed E-state index contributed by atoms with van der Waals surface area (Å²) in [6.07, 6.45) is -16.5. The number of carboxylic acid groups (broad SMARTS) is 9. The van der Waals surface area contributed by atoms with Crippen molar-refractivity contribution in [2.24, 2.45) is 41.2 Å². The minimum atomic E-state index is -2.00. The first-order chi connectivity index (χ1) is 56.2. The average Bonchev–Trinajstić information content (AvgIpc) is 1.73. The number of nitrogens with one attached hydrogen (secondary N) is 6. The molecular formula is C77H114N8O34S. The molecule has 0 aromatic carbocycles. The third-order valence-corrected chi connectivity index (χ3v) is 20.3. The van der Waals surface area contributed by atoms with Gasteiger partial charge >= 0.3 is 53.7 Å². The number of ketones is 8. The summed E-state index contributed by atoms with van der Waals surface area (Å²) >= 11 is 1.30. The van der Waals surface area contributed by atoms with Gasteiger partial charge in [0.15, 0.2) is 34.7 Å². The zero-order chi connectivity index (χ0) is 91.2. The first kappa shape index (κ1) is 107. The first-order valence-corrected chi connectivity index (χ1v) is 40.6. The van der Waals surface area contributed by atoms with Crippen molar-refractivity contribution in [3.63, 3.8) is 0 Å². The second-order valence-electron chi connectivity index (χ2n) is 30.0. The second-order valence-corrected chi connectivity index (χ2v) is 30.9. The van der Waals surface area contributed by atoms with Crippen LogP contribution in [0.1, 0.15) is 220 Å². The number of ether oxygens (including phenoxy) is 1. The standard InChI is InChI=1S/C77H114N8O34S/c1-40(2)32-52(56(88)19-20-62(94)79-53(39-120-5)58(90)33-41(3)42(4)86)84-77(118)54-8-6-30-85(54)63(95)38-119-31-7-9-55(87)48(15-26-69(106)107)80-74(115)44(11-22-65(98)99)35-59(91)50(17-28-71(110)111)82-76(117)46(13-24-67(102)103)37-61(93)51(18-29-72(112)113)83-75(116)45(12-23-66(100)101)36-60(92)49(16-27-70(108)109)81-73(114)43(10-21-64(96)97)34-57(89)47(78)14-25-68(104)105/h40-41,43-54H,6-39,78H2,1-5H3,(H,79,94)(H,80,115)(H,81,114)(H,82,117)(H,83,116)(H,84,118)(H,96,97)(H,98,99)(H,100,101)(H,102,103)(H,104,105)(H,106,107)(H,108,109)(H,110,111)(H,112,113)/t41-,43+,44+,45+,46+,47-,48-,49-,50-,51-,52+,53+,54+/m1/s1. The van der Waals surface area contributed by atoms with Crippen LogP contribution in [0.2, 0.25) is 0 Å². The summed E-state index contributed by atoms with van der Waals surface area (Å²) in [4.78, 5) is 312. The van der Waals surface area contributed by atoms with Crippen molar-refractivity contribution < 1.29 is 166 Å². The van der Waals surface area contributed by atoms with E-state index in [1.807, 2.05) is 0 Å². The molecule has 0 unspecified atom stereocenters. The predicted octanol–water partition coefficient (Wildman–Crippen LogP) is 0.607. The van der Waals surface area contributed by atoms with Gasteiger partial charge < -0.3 is 93.2 Å². The van der Waals surface area contributed by atoms with E-state index >= 15 is 0 Å². The summed E-state index contributed by atoms with van der Waals surface area (Å²) in [6.45, 7) is 5.75. The van der Waals surface area contributed by atoms with Crippen molar-refractivity contribution >= 4 is 153 Å². The lowest BCUT2D eigenvalue weighted by Crippen LogP contribution is -2.52. The van der Waals surface area contributed by atoms with Crippen molar-refractivity contribution in [3.8, 4) is 0 Å². The van der Waals surface area contributed by atoms with E-state index in [4.69, 9.17) is 15.6 Å². The molecule has 0 aromatic heterocycles. The third kappa shape index (κ3) is 44.8. The highest BCUT2D eigenvalue weighted by Gasteiger charge is 2.40. The Bertz CT molecular complexity index is 3680. The maximum absolute atomic E-state index is 14.4. The Morgan fingerprint density at radius 2 is 0.725 bits per heavy atom. The summed E-state index contributed by atoms with van der Waals surface area (Å²) in [5, 5.41) is 100. The molecule has 120 heavy (non-hydrogen) atoms. The van der Waals surface area contributed by atoms with Gasteiger partial charge in [-0.2, -0.15) is 11.8 Å². The van der Waals surface area contributed by atoms with Gasteiger partial charge in [0.25, 0.3) is 0 Å². The van der Waals surface area contributed by atoms with Crippen molar-refractivity contribution in [1.29, 1.82) is 0 Å². The van der Waals surface area contributed by atoms with Crippen LogP contribution in [0.15, 0.2) is 0 Å². The largest absolute Gasteiger partial charge is 0.481 e. The van der Waals surface area contributed by atoms with Gasteiger partial charge in [-0.3, -0.25) is 115 Å². The van der Waals surface area contributed by atoms with Crippen LogP contribution in [0.4, 0.5) is 0 Å². The maximum Gasteiger partial charge on any atom is 0.303 e. The number of hydrogen-bond donors (Lipinski definition) is 16. The van der Waals surface area contributed by atoms with Gasteiger partial charge in [0.1, 0.15) is 24.2 Å². The fraction of sp³-hybridized carbons (Fsp3) is 0.688. The fourth-order valence-corrected chi connectivity index (χ4v) is 13.3. The predicted molar refractivity (Wildman–Crippen MR) is 415 cm³/mol. The topological polar surface area (TPSA) is 702 Å². The number of nitrogens with zero attached hydrogens (tertiary/aromatic N) is 1. The number of aliphatic carboxylic acids is 9.